The molecule has 2 unspecified atom stereocenters. The van der Waals surface area contributed by atoms with E-state index in [2.05, 4.69) is 10.2 Å². The van der Waals surface area contributed by atoms with Crippen LogP contribution in [0.15, 0.2) is 0 Å². The average molecular weight is 305 g/mol. The molecule has 1 saturated heterocycles. The van der Waals surface area contributed by atoms with E-state index in [0.29, 0.717) is 19.5 Å². The summed E-state index contributed by atoms with van der Waals surface area (Å²) in [7, 11) is -2.87. The third-order valence-electron chi connectivity index (χ3n) is 4.02. The number of carbonyl (C=O) groups is 1. The third-order valence-corrected chi connectivity index (χ3v) is 5.62. The molecular formula is C13H27N3O3S. The lowest BCUT2D eigenvalue weighted by atomic mass is 9.91. The maximum absolute atomic E-state index is 11.7. The maximum Gasteiger partial charge on any atom is 0.237 e. The second-order valence-corrected chi connectivity index (χ2v) is 8.17. The molecule has 118 valence electrons. The van der Waals surface area contributed by atoms with Crippen molar-refractivity contribution in [1.29, 1.82) is 0 Å². The van der Waals surface area contributed by atoms with Crippen molar-refractivity contribution in [3.05, 3.63) is 0 Å². The van der Waals surface area contributed by atoms with Crippen LogP contribution < -0.4 is 11.1 Å². The SMILES string of the molecule is CCCNC(C)(CC(C)N1CCS(=O)(=O)CC1)C(N)=O. The van der Waals surface area contributed by atoms with Gasteiger partial charge in [0.2, 0.25) is 5.91 Å². The highest BCUT2D eigenvalue weighted by Gasteiger charge is 2.35. The van der Waals surface area contributed by atoms with E-state index in [0.717, 1.165) is 13.0 Å². The van der Waals surface area contributed by atoms with Crippen molar-refractivity contribution in [2.45, 2.75) is 45.2 Å². The van der Waals surface area contributed by atoms with Gasteiger partial charge in [-0.1, -0.05) is 6.92 Å². The molecule has 6 nitrogen and oxygen atoms in total. The van der Waals surface area contributed by atoms with Gasteiger partial charge in [0.15, 0.2) is 9.84 Å². The van der Waals surface area contributed by atoms with Crippen LogP contribution in [0, 0.1) is 0 Å². The molecule has 0 saturated carbocycles. The lowest BCUT2D eigenvalue weighted by molar-refractivity contribution is -0.124. The minimum Gasteiger partial charge on any atom is -0.368 e. The Balaban J connectivity index is 2.62. The molecule has 0 spiro atoms. The van der Waals surface area contributed by atoms with E-state index < -0.39 is 15.4 Å². The highest BCUT2D eigenvalue weighted by molar-refractivity contribution is 7.91. The molecule has 1 rings (SSSR count). The predicted octanol–water partition coefficient (Wildman–Crippen LogP) is -0.261. The summed E-state index contributed by atoms with van der Waals surface area (Å²) in [6.45, 7) is 7.68. The van der Waals surface area contributed by atoms with Gasteiger partial charge in [0.05, 0.1) is 17.0 Å². The molecule has 0 radical (unpaired) electrons. The van der Waals surface area contributed by atoms with E-state index in [4.69, 9.17) is 5.73 Å². The number of hydrogen-bond donors (Lipinski definition) is 2. The quantitative estimate of drug-likeness (QED) is 0.676. The van der Waals surface area contributed by atoms with Crippen molar-refractivity contribution >= 4 is 15.7 Å². The molecule has 1 fully saturated rings. The number of amides is 1. The van der Waals surface area contributed by atoms with Crippen molar-refractivity contribution in [3.63, 3.8) is 0 Å². The lowest BCUT2D eigenvalue weighted by Crippen LogP contribution is -2.57. The van der Waals surface area contributed by atoms with Crippen molar-refractivity contribution < 1.29 is 13.2 Å². The molecule has 0 aliphatic carbocycles. The summed E-state index contributed by atoms with van der Waals surface area (Å²) in [6.07, 6.45) is 1.52. The van der Waals surface area contributed by atoms with Gasteiger partial charge >= 0.3 is 0 Å². The fraction of sp³-hybridized carbons (Fsp3) is 0.923. The number of nitrogens with two attached hydrogens (primary N) is 1. The van der Waals surface area contributed by atoms with E-state index in [1.165, 1.54) is 0 Å². The Hall–Kier alpha value is -0.660. The molecule has 2 atom stereocenters. The lowest BCUT2D eigenvalue weighted by Gasteiger charge is -2.37. The van der Waals surface area contributed by atoms with Crippen molar-refractivity contribution in [1.82, 2.24) is 10.2 Å². The number of carbonyl (C=O) groups excluding carboxylic acids is 1. The summed E-state index contributed by atoms with van der Waals surface area (Å²) >= 11 is 0. The molecule has 3 N–H and O–H groups in total. The van der Waals surface area contributed by atoms with E-state index in [1.54, 1.807) is 0 Å². The first-order chi connectivity index (χ1) is 9.20. The summed E-state index contributed by atoms with van der Waals surface area (Å²) in [4.78, 5) is 13.8. The molecule has 0 aromatic heterocycles. The Morgan fingerprint density at radius 2 is 1.95 bits per heavy atom. The van der Waals surface area contributed by atoms with E-state index in [1.807, 2.05) is 20.8 Å². The average Bonchev–Trinajstić information content (AvgIpc) is 2.35. The summed E-state index contributed by atoms with van der Waals surface area (Å²) < 4.78 is 22.9. The second kappa shape index (κ2) is 6.87. The second-order valence-electron chi connectivity index (χ2n) is 5.86. The fourth-order valence-electron chi connectivity index (χ4n) is 2.55. The standard InChI is InChI=1S/C13H27N3O3S/c1-4-5-15-13(3,12(14)17)10-11(2)16-6-8-20(18,19)9-7-16/h11,15H,4-10H2,1-3H3,(H2,14,17). The van der Waals surface area contributed by atoms with E-state index in [9.17, 15) is 13.2 Å². The number of primary amides is 1. The zero-order valence-corrected chi connectivity index (χ0v) is 13.5. The number of hydrogen-bond acceptors (Lipinski definition) is 5. The first kappa shape index (κ1) is 17.4. The largest absolute Gasteiger partial charge is 0.368 e. The molecular weight excluding hydrogens is 278 g/mol. The minimum atomic E-state index is -2.87. The summed E-state index contributed by atoms with van der Waals surface area (Å²) in [6, 6.07) is 0.118. The molecule has 0 bridgehead atoms. The van der Waals surface area contributed by atoms with Crippen LogP contribution >= 0.6 is 0 Å². The first-order valence-corrected chi connectivity index (χ1v) is 9.02. The Morgan fingerprint density at radius 3 is 2.40 bits per heavy atom. The van der Waals surface area contributed by atoms with Crippen LogP contribution in [0.3, 0.4) is 0 Å². The zero-order valence-electron chi connectivity index (χ0n) is 12.7. The van der Waals surface area contributed by atoms with Gasteiger partial charge in [-0.15, -0.1) is 0 Å². The van der Waals surface area contributed by atoms with Gasteiger partial charge < -0.3 is 11.1 Å². The van der Waals surface area contributed by atoms with Crippen molar-refractivity contribution in [2.75, 3.05) is 31.1 Å². The van der Waals surface area contributed by atoms with Crippen LogP contribution in [0.1, 0.15) is 33.6 Å². The first-order valence-electron chi connectivity index (χ1n) is 7.19. The van der Waals surface area contributed by atoms with Crippen LogP contribution in [0.25, 0.3) is 0 Å². The van der Waals surface area contributed by atoms with E-state index in [-0.39, 0.29) is 23.5 Å². The van der Waals surface area contributed by atoms with Crippen LogP contribution in [-0.4, -0.2) is 61.9 Å². The van der Waals surface area contributed by atoms with Crippen LogP contribution in [0.5, 0.6) is 0 Å². The van der Waals surface area contributed by atoms with Gasteiger partial charge in [-0.05, 0) is 33.2 Å². The molecule has 1 heterocycles. The van der Waals surface area contributed by atoms with Crippen molar-refractivity contribution in [2.24, 2.45) is 5.73 Å². The number of sulfone groups is 1. The molecule has 0 aromatic carbocycles. The van der Waals surface area contributed by atoms with Gasteiger partial charge in [-0.25, -0.2) is 8.42 Å². The van der Waals surface area contributed by atoms with Gasteiger partial charge in [-0.2, -0.15) is 0 Å². The zero-order chi connectivity index (χ0) is 15.4. The molecule has 7 heteroatoms. The highest BCUT2D eigenvalue weighted by atomic mass is 32.2. The van der Waals surface area contributed by atoms with Crippen LogP contribution in [0.2, 0.25) is 0 Å². The Kier molecular flexibility index (Phi) is 5.97. The van der Waals surface area contributed by atoms with Crippen LogP contribution in [-0.2, 0) is 14.6 Å². The summed E-state index contributed by atoms with van der Waals surface area (Å²) in [5.74, 6) is 0.0439. The molecule has 1 aliphatic rings. The summed E-state index contributed by atoms with van der Waals surface area (Å²) in [5.41, 5.74) is 4.77. The highest BCUT2D eigenvalue weighted by Crippen LogP contribution is 2.18. The van der Waals surface area contributed by atoms with Gasteiger partial charge in [-0.3, -0.25) is 9.69 Å². The van der Waals surface area contributed by atoms with Gasteiger partial charge in [0.1, 0.15) is 0 Å². The Morgan fingerprint density at radius 1 is 1.40 bits per heavy atom. The van der Waals surface area contributed by atoms with E-state index >= 15 is 0 Å². The van der Waals surface area contributed by atoms with Crippen LogP contribution in [0.4, 0.5) is 0 Å². The normalized spacial score (nSPS) is 23.9. The van der Waals surface area contributed by atoms with Gasteiger partial charge in [0, 0.05) is 19.1 Å². The summed E-state index contributed by atoms with van der Waals surface area (Å²) in [5, 5.41) is 3.21. The van der Waals surface area contributed by atoms with Crippen molar-refractivity contribution in [3.8, 4) is 0 Å². The molecule has 20 heavy (non-hydrogen) atoms. The Bertz CT molecular complexity index is 424. The third kappa shape index (κ3) is 4.71. The van der Waals surface area contributed by atoms with Gasteiger partial charge in [0.25, 0.3) is 0 Å². The molecule has 1 aliphatic heterocycles. The fourth-order valence-corrected chi connectivity index (χ4v) is 3.78. The maximum atomic E-state index is 11.7. The smallest absolute Gasteiger partial charge is 0.237 e. The number of nitrogens with zero attached hydrogens (tertiary/aromatic N) is 1. The molecule has 0 aromatic rings. The Labute approximate surface area is 122 Å². The predicted molar refractivity (Wildman–Crippen MR) is 80.2 cm³/mol. The minimum absolute atomic E-state index is 0.118. The topological polar surface area (TPSA) is 92.5 Å². The molecule has 1 amide bonds. The number of nitrogens with one attached hydrogen (secondary N) is 1. The monoisotopic (exact) mass is 305 g/mol. The number of rotatable bonds is 7.